The van der Waals surface area contributed by atoms with Gasteiger partial charge >= 0.3 is 5.69 Å². The molecular weight excluding hydrogens is 290 g/mol. The summed E-state index contributed by atoms with van der Waals surface area (Å²) in [4.78, 5) is 14.6. The Balaban J connectivity index is 2.38. The predicted octanol–water partition coefficient (Wildman–Crippen LogP) is 0.812. The van der Waals surface area contributed by atoms with Gasteiger partial charge in [-0.15, -0.1) is 0 Å². The molecule has 0 radical (unpaired) electrons. The largest absolute Gasteiger partial charge is 0.355 e. The van der Waals surface area contributed by atoms with Gasteiger partial charge in [-0.1, -0.05) is 11.3 Å². The van der Waals surface area contributed by atoms with Crippen molar-refractivity contribution in [3.63, 3.8) is 0 Å². The van der Waals surface area contributed by atoms with Crippen LogP contribution in [-0.2, 0) is 9.84 Å². The summed E-state index contributed by atoms with van der Waals surface area (Å²) in [5, 5.41) is 11.5. The summed E-state index contributed by atoms with van der Waals surface area (Å²) in [6.45, 7) is 2.95. The van der Waals surface area contributed by atoms with Crippen LogP contribution in [0.4, 0.5) is 10.7 Å². The van der Waals surface area contributed by atoms with E-state index in [0.717, 1.165) is 36.7 Å². The Bertz CT molecular complexity index is 588. The van der Waals surface area contributed by atoms with Crippen molar-refractivity contribution in [3.05, 3.63) is 16.2 Å². The van der Waals surface area contributed by atoms with Gasteiger partial charge in [0.05, 0.1) is 4.92 Å². The lowest BCUT2D eigenvalue weighted by Crippen LogP contribution is -2.44. The van der Waals surface area contributed by atoms with Crippen molar-refractivity contribution < 1.29 is 13.3 Å². The average Bonchev–Trinajstić information content (AvgIpc) is 2.74. The van der Waals surface area contributed by atoms with E-state index in [1.807, 2.05) is 11.9 Å². The standard InChI is InChI=1S/C10H15N3O4S2/c1-11-3-5-12(6-4-11)10-8(13(14)15)7-9(18-10)19(2,16)17/h7H,3-6H2,1-2H3. The van der Waals surface area contributed by atoms with Crippen LogP contribution in [-0.4, -0.2) is 57.7 Å². The highest BCUT2D eigenvalue weighted by molar-refractivity contribution is 7.92. The molecule has 2 heterocycles. The Kier molecular flexibility index (Phi) is 3.79. The van der Waals surface area contributed by atoms with Gasteiger partial charge in [0.25, 0.3) is 0 Å². The van der Waals surface area contributed by atoms with Crippen LogP contribution in [0.15, 0.2) is 10.3 Å². The lowest BCUT2D eigenvalue weighted by atomic mass is 10.3. The molecule has 1 aliphatic rings. The number of sulfone groups is 1. The summed E-state index contributed by atoms with van der Waals surface area (Å²) in [6, 6.07) is 1.16. The van der Waals surface area contributed by atoms with Crippen LogP contribution in [0, 0.1) is 10.1 Å². The number of piperazine rings is 1. The molecule has 0 saturated carbocycles. The van der Waals surface area contributed by atoms with Crippen molar-refractivity contribution in [1.29, 1.82) is 0 Å². The Morgan fingerprint density at radius 3 is 2.37 bits per heavy atom. The highest BCUT2D eigenvalue weighted by Crippen LogP contribution is 2.40. The normalized spacial score (nSPS) is 17.7. The van der Waals surface area contributed by atoms with Crippen LogP contribution >= 0.6 is 11.3 Å². The number of thiophene rings is 1. The molecule has 0 aliphatic carbocycles. The molecule has 7 nitrogen and oxygen atoms in total. The monoisotopic (exact) mass is 305 g/mol. The third-order valence-corrected chi connectivity index (χ3v) is 6.01. The zero-order valence-corrected chi connectivity index (χ0v) is 12.3. The van der Waals surface area contributed by atoms with Crippen LogP contribution in [0.1, 0.15) is 0 Å². The fourth-order valence-electron chi connectivity index (χ4n) is 1.90. The van der Waals surface area contributed by atoms with Crippen molar-refractivity contribution in [3.8, 4) is 0 Å². The molecule has 19 heavy (non-hydrogen) atoms. The van der Waals surface area contributed by atoms with E-state index in [4.69, 9.17) is 0 Å². The number of likely N-dealkylation sites (N-methyl/N-ethyl adjacent to an activating group) is 1. The number of rotatable bonds is 3. The van der Waals surface area contributed by atoms with E-state index < -0.39 is 14.8 Å². The summed E-state index contributed by atoms with van der Waals surface area (Å²) in [7, 11) is -1.42. The first kappa shape index (κ1) is 14.2. The first-order chi connectivity index (χ1) is 8.79. The lowest BCUT2D eigenvalue weighted by molar-refractivity contribution is -0.383. The van der Waals surface area contributed by atoms with Crippen LogP contribution in [0.2, 0.25) is 0 Å². The summed E-state index contributed by atoms with van der Waals surface area (Å²) >= 11 is 0.980. The van der Waals surface area contributed by atoms with Gasteiger partial charge in [0.15, 0.2) is 14.8 Å². The SMILES string of the molecule is CN1CCN(c2sc(S(C)(=O)=O)cc2[N+](=O)[O-])CC1. The molecule has 0 unspecified atom stereocenters. The van der Waals surface area contributed by atoms with Crippen molar-refractivity contribution in [2.24, 2.45) is 0 Å². The first-order valence-corrected chi connectivity index (χ1v) is 8.41. The molecule has 0 spiro atoms. The zero-order chi connectivity index (χ0) is 14.2. The van der Waals surface area contributed by atoms with Gasteiger partial charge in [-0.2, -0.15) is 0 Å². The van der Waals surface area contributed by atoms with Gasteiger partial charge in [-0.25, -0.2) is 8.42 Å². The zero-order valence-electron chi connectivity index (χ0n) is 10.7. The summed E-state index contributed by atoms with van der Waals surface area (Å²) in [5.74, 6) is 0. The van der Waals surface area contributed by atoms with Crippen LogP contribution in [0.25, 0.3) is 0 Å². The Hall–Kier alpha value is -1.19. The predicted molar refractivity (Wildman–Crippen MR) is 73.8 cm³/mol. The summed E-state index contributed by atoms with van der Waals surface area (Å²) in [5.41, 5.74) is -0.116. The quantitative estimate of drug-likeness (QED) is 0.607. The second-order valence-electron chi connectivity index (χ2n) is 4.58. The fraction of sp³-hybridized carbons (Fsp3) is 0.600. The minimum Gasteiger partial charge on any atom is -0.355 e. The van der Waals surface area contributed by atoms with Crippen LogP contribution < -0.4 is 4.90 Å². The van der Waals surface area contributed by atoms with E-state index in [1.165, 1.54) is 0 Å². The molecule has 2 rings (SSSR count). The van der Waals surface area contributed by atoms with Gasteiger partial charge in [0, 0.05) is 38.5 Å². The van der Waals surface area contributed by atoms with E-state index in [9.17, 15) is 18.5 Å². The highest BCUT2D eigenvalue weighted by atomic mass is 32.2. The van der Waals surface area contributed by atoms with Gasteiger partial charge < -0.3 is 9.80 Å². The number of nitrogens with zero attached hydrogens (tertiary/aromatic N) is 3. The van der Waals surface area contributed by atoms with Crippen molar-refractivity contribution >= 4 is 31.9 Å². The first-order valence-electron chi connectivity index (χ1n) is 5.71. The van der Waals surface area contributed by atoms with Crippen molar-refractivity contribution in [2.75, 3.05) is 44.4 Å². The molecule has 1 saturated heterocycles. The molecule has 1 fully saturated rings. The molecule has 1 aromatic rings. The van der Waals surface area contributed by atoms with Crippen LogP contribution in [0.5, 0.6) is 0 Å². The molecule has 0 atom stereocenters. The molecule has 1 aliphatic heterocycles. The van der Waals surface area contributed by atoms with E-state index in [-0.39, 0.29) is 9.90 Å². The molecule has 0 amide bonds. The number of hydrogen-bond donors (Lipinski definition) is 0. The fourth-order valence-corrected chi connectivity index (χ4v) is 3.98. The maximum absolute atomic E-state index is 11.5. The van der Waals surface area contributed by atoms with E-state index in [2.05, 4.69) is 4.90 Å². The third kappa shape index (κ3) is 3.04. The number of anilines is 1. The smallest absolute Gasteiger partial charge is 0.305 e. The Morgan fingerprint density at radius 1 is 1.32 bits per heavy atom. The highest BCUT2D eigenvalue weighted by Gasteiger charge is 2.28. The molecular formula is C10H15N3O4S2. The number of hydrogen-bond acceptors (Lipinski definition) is 7. The number of nitro groups is 1. The average molecular weight is 305 g/mol. The maximum Gasteiger partial charge on any atom is 0.305 e. The van der Waals surface area contributed by atoms with Gasteiger partial charge in [-0.05, 0) is 7.05 Å². The second-order valence-corrected chi connectivity index (χ2v) is 7.85. The summed E-state index contributed by atoms with van der Waals surface area (Å²) < 4.78 is 23.1. The van der Waals surface area contributed by atoms with E-state index in [0.29, 0.717) is 18.1 Å². The van der Waals surface area contributed by atoms with E-state index in [1.54, 1.807) is 0 Å². The molecule has 9 heteroatoms. The van der Waals surface area contributed by atoms with Gasteiger partial charge in [-0.3, -0.25) is 10.1 Å². The molecule has 106 valence electrons. The minimum absolute atomic E-state index is 0.0492. The van der Waals surface area contributed by atoms with Gasteiger partial charge in [0.2, 0.25) is 0 Å². The molecule has 0 bridgehead atoms. The minimum atomic E-state index is -3.41. The maximum atomic E-state index is 11.5. The molecule has 1 aromatic heterocycles. The van der Waals surface area contributed by atoms with Gasteiger partial charge in [0.1, 0.15) is 4.21 Å². The Labute approximate surface area is 115 Å². The van der Waals surface area contributed by atoms with E-state index >= 15 is 0 Å². The lowest BCUT2D eigenvalue weighted by Gasteiger charge is -2.32. The topological polar surface area (TPSA) is 83.8 Å². The molecule has 0 N–H and O–H groups in total. The third-order valence-electron chi connectivity index (χ3n) is 3.02. The summed E-state index contributed by atoms with van der Waals surface area (Å²) in [6.07, 6.45) is 1.07. The second kappa shape index (κ2) is 5.06. The van der Waals surface area contributed by atoms with Crippen molar-refractivity contribution in [1.82, 2.24) is 4.90 Å². The molecule has 0 aromatic carbocycles. The van der Waals surface area contributed by atoms with Crippen molar-refractivity contribution in [2.45, 2.75) is 4.21 Å². The Morgan fingerprint density at radius 2 is 1.89 bits per heavy atom. The van der Waals surface area contributed by atoms with Crippen LogP contribution in [0.3, 0.4) is 0 Å².